The summed E-state index contributed by atoms with van der Waals surface area (Å²) in [6, 6.07) is 17.3. The second-order valence-electron chi connectivity index (χ2n) is 7.38. The molecule has 0 fully saturated rings. The Balaban J connectivity index is 1.69. The smallest absolute Gasteiger partial charge is 0.314 e. The van der Waals surface area contributed by atoms with Crippen LogP contribution in [-0.2, 0) is 15.3 Å². The number of rotatable bonds is 4. The Hall–Kier alpha value is -3.43. The standard InChI is InChI=1S/C23H18N4O3S2/c1-32-12-13-5-6-14-7-8-18-21(17(14)9-13)24-19(28)11-20(29)27(18)16-4-2-3-15(10-16)22-25-23(31)30-26-22/h2-10H,11-12H2,1H3,(H,24,28)(H,25,26,31). The predicted octanol–water partition coefficient (Wildman–Crippen LogP) is 5.42. The average molecular weight is 463 g/mol. The van der Waals surface area contributed by atoms with Gasteiger partial charge >= 0.3 is 4.84 Å². The van der Waals surface area contributed by atoms with Crippen molar-refractivity contribution in [3.8, 4) is 11.4 Å². The van der Waals surface area contributed by atoms with Gasteiger partial charge in [0.25, 0.3) is 0 Å². The first-order valence-corrected chi connectivity index (χ1v) is 11.7. The average Bonchev–Trinajstić information content (AvgIpc) is 3.16. The van der Waals surface area contributed by atoms with Crippen LogP contribution in [0.1, 0.15) is 12.0 Å². The number of aromatic amines is 1. The van der Waals surface area contributed by atoms with Crippen LogP contribution in [0.5, 0.6) is 0 Å². The number of fused-ring (bicyclic) bond motifs is 3. The summed E-state index contributed by atoms with van der Waals surface area (Å²) in [5, 5.41) is 7.54. The lowest BCUT2D eigenvalue weighted by atomic mass is 10.0. The van der Waals surface area contributed by atoms with Crippen molar-refractivity contribution in [3.05, 3.63) is 65.0 Å². The number of H-pyrrole nitrogens is 1. The van der Waals surface area contributed by atoms with Gasteiger partial charge in [0, 0.05) is 22.4 Å². The highest BCUT2D eigenvalue weighted by Gasteiger charge is 2.29. The zero-order valence-corrected chi connectivity index (χ0v) is 18.7. The first-order valence-electron chi connectivity index (χ1n) is 9.87. The van der Waals surface area contributed by atoms with E-state index in [4.69, 9.17) is 16.7 Å². The number of nitrogens with zero attached hydrogens (tertiary/aromatic N) is 2. The van der Waals surface area contributed by atoms with E-state index >= 15 is 0 Å². The highest BCUT2D eigenvalue weighted by molar-refractivity contribution is 7.97. The third kappa shape index (κ3) is 3.69. The van der Waals surface area contributed by atoms with Gasteiger partial charge in [-0.3, -0.25) is 14.5 Å². The van der Waals surface area contributed by atoms with Gasteiger partial charge in [0.2, 0.25) is 11.8 Å². The van der Waals surface area contributed by atoms with Crippen LogP contribution >= 0.6 is 24.0 Å². The van der Waals surface area contributed by atoms with E-state index in [0.29, 0.717) is 28.5 Å². The minimum Gasteiger partial charge on any atom is -0.348 e. The van der Waals surface area contributed by atoms with Crippen molar-refractivity contribution >= 4 is 63.6 Å². The molecular weight excluding hydrogens is 444 g/mol. The SMILES string of the molecule is CSCc1ccc2ccc3c(c2c1)NC(=O)CC(=O)N3c1cccc(-c2nc(=S)o[nH]2)c1. The lowest BCUT2D eigenvalue weighted by molar-refractivity contribution is -0.124. The van der Waals surface area contributed by atoms with E-state index in [1.54, 1.807) is 16.7 Å². The molecule has 32 heavy (non-hydrogen) atoms. The van der Waals surface area contributed by atoms with Crippen molar-refractivity contribution < 1.29 is 14.1 Å². The van der Waals surface area contributed by atoms with Crippen LogP contribution in [0.3, 0.4) is 0 Å². The van der Waals surface area contributed by atoms with Crippen LogP contribution in [0.2, 0.25) is 0 Å². The Labute approximate surface area is 192 Å². The Morgan fingerprint density at radius 3 is 2.78 bits per heavy atom. The van der Waals surface area contributed by atoms with E-state index in [0.717, 1.165) is 22.1 Å². The van der Waals surface area contributed by atoms with Gasteiger partial charge in [-0.1, -0.05) is 30.3 Å². The van der Waals surface area contributed by atoms with Gasteiger partial charge in [-0.25, -0.2) is 5.16 Å². The van der Waals surface area contributed by atoms with Crippen LogP contribution in [-0.4, -0.2) is 28.2 Å². The number of nitrogens with one attached hydrogen (secondary N) is 2. The molecule has 1 aliphatic heterocycles. The van der Waals surface area contributed by atoms with Gasteiger partial charge in [0.05, 0.1) is 11.4 Å². The quantitative estimate of drug-likeness (QED) is 0.311. The summed E-state index contributed by atoms with van der Waals surface area (Å²) in [5.74, 6) is 0.676. The number of carbonyl (C=O) groups is 2. The molecule has 1 aliphatic rings. The van der Waals surface area contributed by atoms with E-state index in [1.165, 1.54) is 0 Å². The fraction of sp³-hybridized carbons (Fsp3) is 0.130. The predicted molar refractivity (Wildman–Crippen MR) is 129 cm³/mol. The molecule has 9 heteroatoms. The van der Waals surface area contributed by atoms with E-state index in [2.05, 4.69) is 27.6 Å². The molecule has 5 rings (SSSR count). The number of amides is 2. The van der Waals surface area contributed by atoms with Crippen LogP contribution in [0.4, 0.5) is 17.1 Å². The summed E-state index contributed by atoms with van der Waals surface area (Å²) < 4.78 is 5.04. The first-order chi connectivity index (χ1) is 15.5. The van der Waals surface area contributed by atoms with Gasteiger partial charge < -0.3 is 9.84 Å². The Morgan fingerprint density at radius 1 is 1.16 bits per heavy atom. The molecule has 1 aromatic heterocycles. The third-order valence-corrected chi connectivity index (χ3v) is 6.05. The molecule has 3 aromatic carbocycles. The summed E-state index contributed by atoms with van der Waals surface area (Å²) in [4.78, 5) is 31.6. The number of hydrogen-bond acceptors (Lipinski definition) is 6. The van der Waals surface area contributed by atoms with Crippen molar-refractivity contribution in [1.82, 2.24) is 10.1 Å². The van der Waals surface area contributed by atoms with Crippen molar-refractivity contribution in [2.45, 2.75) is 12.2 Å². The molecule has 0 saturated carbocycles. The number of benzene rings is 3. The topological polar surface area (TPSA) is 91.2 Å². The maximum Gasteiger partial charge on any atom is 0.314 e. The van der Waals surface area contributed by atoms with Gasteiger partial charge in [0.1, 0.15) is 6.42 Å². The Kier molecular flexibility index (Phi) is 5.28. The number of anilines is 3. The molecule has 0 atom stereocenters. The first kappa shape index (κ1) is 20.5. The molecule has 2 amide bonds. The molecule has 0 radical (unpaired) electrons. The van der Waals surface area contributed by atoms with Crippen LogP contribution in [0.25, 0.3) is 22.2 Å². The lowest BCUT2D eigenvalue weighted by Gasteiger charge is -2.24. The maximum atomic E-state index is 13.1. The largest absolute Gasteiger partial charge is 0.348 e. The lowest BCUT2D eigenvalue weighted by Crippen LogP contribution is -2.26. The van der Waals surface area contributed by atoms with Crippen molar-refractivity contribution in [3.63, 3.8) is 0 Å². The molecule has 4 aromatic rings. The summed E-state index contributed by atoms with van der Waals surface area (Å²) >= 11 is 6.67. The van der Waals surface area contributed by atoms with Crippen LogP contribution in [0, 0.1) is 4.84 Å². The van der Waals surface area contributed by atoms with E-state index in [-0.39, 0.29) is 23.1 Å². The van der Waals surface area contributed by atoms with Crippen molar-refractivity contribution in [1.29, 1.82) is 0 Å². The van der Waals surface area contributed by atoms with Gasteiger partial charge in [-0.2, -0.15) is 16.7 Å². The van der Waals surface area contributed by atoms with Gasteiger partial charge in [-0.15, -0.1) is 0 Å². The van der Waals surface area contributed by atoms with E-state index in [1.807, 2.05) is 48.7 Å². The highest BCUT2D eigenvalue weighted by atomic mass is 32.2. The molecule has 160 valence electrons. The molecule has 2 heterocycles. The Bertz CT molecular complexity index is 1430. The van der Waals surface area contributed by atoms with Crippen molar-refractivity contribution in [2.75, 3.05) is 16.5 Å². The van der Waals surface area contributed by atoms with E-state index < -0.39 is 0 Å². The monoisotopic (exact) mass is 462 g/mol. The minimum atomic E-state index is -0.335. The second kappa shape index (κ2) is 8.25. The molecule has 0 saturated heterocycles. The summed E-state index contributed by atoms with van der Waals surface area (Å²) in [7, 11) is 0. The summed E-state index contributed by atoms with van der Waals surface area (Å²) in [6.45, 7) is 0. The zero-order chi connectivity index (χ0) is 22.2. The van der Waals surface area contributed by atoms with Crippen LogP contribution < -0.4 is 10.2 Å². The van der Waals surface area contributed by atoms with Crippen molar-refractivity contribution in [2.24, 2.45) is 0 Å². The number of aromatic nitrogens is 2. The maximum absolute atomic E-state index is 13.1. The second-order valence-corrected chi connectivity index (χ2v) is 8.60. The number of hydrogen-bond donors (Lipinski definition) is 2. The fourth-order valence-electron chi connectivity index (χ4n) is 3.89. The number of thioether (sulfide) groups is 1. The summed E-state index contributed by atoms with van der Waals surface area (Å²) in [5.41, 5.74) is 3.74. The Morgan fingerprint density at radius 2 is 2.00 bits per heavy atom. The molecular formula is C23H18N4O3S2. The molecule has 0 aliphatic carbocycles. The molecule has 0 spiro atoms. The van der Waals surface area contributed by atoms with Crippen LogP contribution in [0.15, 0.2) is 59.1 Å². The van der Waals surface area contributed by atoms with Gasteiger partial charge in [0.15, 0.2) is 5.82 Å². The number of carbonyl (C=O) groups excluding carboxylic acids is 2. The minimum absolute atomic E-state index is 0.101. The zero-order valence-electron chi connectivity index (χ0n) is 17.0. The third-order valence-electron chi connectivity index (χ3n) is 5.26. The van der Waals surface area contributed by atoms with E-state index in [9.17, 15) is 9.59 Å². The fourth-order valence-corrected chi connectivity index (χ4v) is 4.54. The van der Waals surface area contributed by atoms with Gasteiger partial charge in [-0.05, 0) is 53.7 Å². The normalized spacial score (nSPS) is 13.7. The molecule has 2 N–H and O–H groups in total. The molecule has 0 unspecified atom stereocenters. The highest BCUT2D eigenvalue weighted by Crippen LogP contribution is 2.41. The summed E-state index contributed by atoms with van der Waals surface area (Å²) in [6.07, 6.45) is 1.80. The molecule has 0 bridgehead atoms. The molecule has 7 nitrogen and oxygen atoms in total.